The number of ether oxygens (including phenoxy) is 2. The van der Waals surface area contributed by atoms with Gasteiger partial charge in [-0.2, -0.15) is 0 Å². The lowest BCUT2D eigenvalue weighted by molar-refractivity contribution is 0.0863. The largest absolute Gasteiger partial charge is 0.493 e. The number of sulfonamides is 1. The van der Waals surface area contributed by atoms with Crippen molar-refractivity contribution in [3.8, 4) is 11.5 Å². The molecule has 3 aromatic rings. The van der Waals surface area contributed by atoms with Gasteiger partial charge < -0.3 is 9.47 Å². The fraction of sp³-hybridized carbons (Fsp3) is 0.167. The molecule has 11 heteroatoms. The number of aromatic nitrogens is 2. The molecule has 1 amide bonds. The summed E-state index contributed by atoms with van der Waals surface area (Å²) in [4.78, 5) is 29.2. The Bertz CT molecular complexity index is 1340. The lowest BCUT2D eigenvalue weighted by Gasteiger charge is -2.14. The quantitative estimate of drug-likeness (QED) is 0.613. The zero-order valence-corrected chi connectivity index (χ0v) is 16.8. The minimum atomic E-state index is -4.15. The summed E-state index contributed by atoms with van der Waals surface area (Å²) in [6.07, 6.45) is 1.40. The van der Waals surface area contributed by atoms with E-state index in [-0.39, 0.29) is 33.3 Å². The normalized spacial score (nSPS) is 14.9. The van der Waals surface area contributed by atoms with Crippen LogP contribution in [0.2, 0.25) is 5.02 Å². The van der Waals surface area contributed by atoms with Gasteiger partial charge in [0.2, 0.25) is 0 Å². The molecule has 0 spiro atoms. The number of pyridine rings is 1. The van der Waals surface area contributed by atoms with E-state index in [4.69, 9.17) is 21.1 Å². The molecule has 1 aliphatic heterocycles. The molecule has 0 bridgehead atoms. The molecule has 29 heavy (non-hydrogen) atoms. The van der Waals surface area contributed by atoms with E-state index in [1.54, 1.807) is 6.07 Å². The maximum atomic E-state index is 12.9. The number of halogens is 1. The van der Waals surface area contributed by atoms with Crippen molar-refractivity contribution in [2.24, 2.45) is 0 Å². The highest BCUT2D eigenvalue weighted by molar-refractivity contribution is 7.90. The van der Waals surface area contributed by atoms with E-state index in [1.165, 1.54) is 43.0 Å². The number of rotatable bonds is 4. The minimum Gasteiger partial charge on any atom is -0.493 e. The number of nitrogens with zero attached hydrogens (tertiary/aromatic N) is 3. The van der Waals surface area contributed by atoms with Gasteiger partial charge in [0.25, 0.3) is 21.5 Å². The molecule has 0 unspecified atom stereocenters. The van der Waals surface area contributed by atoms with E-state index in [1.807, 2.05) is 0 Å². The molecule has 0 aliphatic carbocycles. The van der Waals surface area contributed by atoms with Gasteiger partial charge >= 0.3 is 0 Å². The van der Waals surface area contributed by atoms with Crippen molar-refractivity contribution in [1.82, 2.24) is 13.7 Å². The molecule has 3 heterocycles. The van der Waals surface area contributed by atoms with Gasteiger partial charge in [0, 0.05) is 18.3 Å². The number of hydrogen-bond donors (Lipinski definition) is 0. The van der Waals surface area contributed by atoms with Gasteiger partial charge in [-0.1, -0.05) is 11.6 Å². The maximum Gasteiger partial charge on any atom is 0.269 e. The molecule has 0 fully saturated rings. The number of methoxy groups -OCH3 is 2. The predicted octanol–water partition coefficient (Wildman–Crippen LogP) is 1.71. The second-order valence-corrected chi connectivity index (χ2v) is 8.45. The summed E-state index contributed by atoms with van der Waals surface area (Å²) in [6.45, 7) is -0.394. The van der Waals surface area contributed by atoms with Crippen LogP contribution >= 0.6 is 11.6 Å². The van der Waals surface area contributed by atoms with Gasteiger partial charge in [-0.15, -0.1) is 0 Å². The third kappa shape index (κ3) is 3.00. The van der Waals surface area contributed by atoms with Gasteiger partial charge in [-0.05, 0) is 18.2 Å². The molecule has 0 N–H and O–H groups in total. The summed E-state index contributed by atoms with van der Waals surface area (Å²) >= 11 is 5.89. The monoisotopic (exact) mass is 435 g/mol. The van der Waals surface area contributed by atoms with Gasteiger partial charge in [0.05, 0.1) is 37.0 Å². The third-order valence-electron chi connectivity index (χ3n) is 4.49. The van der Waals surface area contributed by atoms with Gasteiger partial charge in [0.15, 0.2) is 11.5 Å². The number of carbonyl (C=O) groups is 1. The van der Waals surface area contributed by atoms with E-state index in [0.717, 1.165) is 6.07 Å². The lowest BCUT2D eigenvalue weighted by atomic mass is 10.2. The highest BCUT2D eigenvalue weighted by Gasteiger charge is 2.42. The first-order valence-corrected chi connectivity index (χ1v) is 10.1. The molecule has 1 aliphatic rings. The highest BCUT2D eigenvalue weighted by atomic mass is 35.5. The lowest BCUT2D eigenvalue weighted by Crippen LogP contribution is -2.30. The van der Waals surface area contributed by atoms with Crippen molar-refractivity contribution < 1.29 is 22.7 Å². The van der Waals surface area contributed by atoms with E-state index < -0.39 is 28.0 Å². The average molecular weight is 436 g/mol. The van der Waals surface area contributed by atoms with Crippen LogP contribution in [0.15, 0.2) is 46.2 Å². The fourth-order valence-corrected chi connectivity index (χ4v) is 4.81. The Hall–Kier alpha value is -3.11. The van der Waals surface area contributed by atoms with Crippen molar-refractivity contribution in [3.63, 3.8) is 0 Å². The van der Waals surface area contributed by atoms with Gasteiger partial charge in [-0.3, -0.25) is 14.0 Å². The number of fused-ring (bicyclic) bond motifs is 2. The number of hydrogen-bond acceptors (Lipinski definition) is 7. The Balaban J connectivity index is 1.78. The maximum absolute atomic E-state index is 12.9. The summed E-state index contributed by atoms with van der Waals surface area (Å²) in [5.41, 5.74) is -0.0767. The molecule has 0 saturated heterocycles. The van der Waals surface area contributed by atoms with Crippen molar-refractivity contribution in [2.75, 3.05) is 14.2 Å². The van der Waals surface area contributed by atoms with Gasteiger partial charge in [-0.25, -0.2) is 17.7 Å². The highest BCUT2D eigenvalue weighted by Crippen LogP contribution is 2.39. The van der Waals surface area contributed by atoms with Crippen LogP contribution in [0, 0.1) is 0 Å². The van der Waals surface area contributed by atoms with E-state index in [9.17, 15) is 18.0 Å². The number of carbonyl (C=O) groups excluding carboxylic acids is 1. The summed E-state index contributed by atoms with van der Waals surface area (Å²) < 4.78 is 38.1. The molecule has 0 radical (unpaired) electrons. The molecular formula is C18H14ClN3O6S. The van der Waals surface area contributed by atoms with Crippen LogP contribution in [-0.2, 0) is 16.6 Å². The fourth-order valence-electron chi connectivity index (χ4n) is 3.11. The Morgan fingerprint density at radius 1 is 1.07 bits per heavy atom. The van der Waals surface area contributed by atoms with Crippen LogP contribution in [0.5, 0.6) is 11.5 Å². The van der Waals surface area contributed by atoms with Crippen LogP contribution < -0.4 is 15.0 Å². The first-order valence-electron chi connectivity index (χ1n) is 8.27. The van der Waals surface area contributed by atoms with Crippen molar-refractivity contribution >= 4 is 33.2 Å². The molecule has 4 rings (SSSR count). The number of amides is 1. The van der Waals surface area contributed by atoms with Gasteiger partial charge in [0.1, 0.15) is 10.5 Å². The Morgan fingerprint density at radius 2 is 1.76 bits per heavy atom. The first-order chi connectivity index (χ1) is 13.8. The van der Waals surface area contributed by atoms with Crippen LogP contribution in [0.25, 0.3) is 5.65 Å². The zero-order valence-electron chi connectivity index (χ0n) is 15.2. The first kappa shape index (κ1) is 19.2. The van der Waals surface area contributed by atoms with E-state index in [0.29, 0.717) is 9.33 Å². The molecule has 9 nitrogen and oxygen atoms in total. The predicted molar refractivity (Wildman–Crippen MR) is 103 cm³/mol. The van der Waals surface area contributed by atoms with Crippen molar-refractivity contribution in [1.29, 1.82) is 0 Å². The number of benzene rings is 1. The molecule has 0 atom stereocenters. The second kappa shape index (κ2) is 6.75. The molecular weight excluding hydrogens is 422 g/mol. The summed E-state index contributed by atoms with van der Waals surface area (Å²) in [5.74, 6) is -0.321. The Kier molecular flexibility index (Phi) is 4.47. The SMILES string of the molecule is COc1cc2c(cc1OC)S(=O)(=O)N(Cc1cc(=O)n3cc(Cl)ccc3n1)C2=O. The average Bonchev–Trinajstić information content (AvgIpc) is 2.87. The third-order valence-corrected chi connectivity index (χ3v) is 6.49. The summed E-state index contributed by atoms with van der Waals surface area (Å²) in [6, 6.07) is 6.80. The van der Waals surface area contributed by atoms with Crippen molar-refractivity contribution in [3.05, 3.63) is 63.2 Å². The smallest absolute Gasteiger partial charge is 0.269 e. The molecule has 150 valence electrons. The van der Waals surface area contributed by atoms with Crippen LogP contribution in [0.1, 0.15) is 16.1 Å². The summed E-state index contributed by atoms with van der Waals surface area (Å²) in [7, 11) is -1.40. The molecule has 0 saturated carbocycles. The Morgan fingerprint density at radius 3 is 2.45 bits per heavy atom. The standard InChI is InChI=1S/C18H14ClN3O6S/c1-27-13-6-12-15(7-14(13)28-2)29(25,26)22(18(12)24)9-11-5-17(23)21-8-10(19)3-4-16(21)20-11/h3-8H,9H2,1-2H3. The van der Waals surface area contributed by atoms with Crippen molar-refractivity contribution in [2.45, 2.75) is 11.4 Å². The van der Waals surface area contributed by atoms with Crippen LogP contribution in [-0.4, -0.2) is 42.2 Å². The molecule has 1 aromatic carbocycles. The minimum absolute atomic E-state index is 0.0352. The topological polar surface area (TPSA) is 107 Å². The molecule has 2 aromatic heterocycles. The summed E-state index contributed by atoms with van der Waals surface area (Å²) in [5, 5.41) is 0.352. The zero-order chi connectivity index (χ0) is 20.9. The van der Waals surface area contributed by atoms with E-state index >= 15 is 0 Å². The second-order valence-electron chi connectivity index (χ2n) is 6.18. The van der Waals surface area contributed by atoms with Crippen LogP contribution in [0.3, 0.4) is 0 Å². The van der Waals surface area contributed by atoms with Crippen LogP contribution in [0.4, 0.5) is 0 Å². The van der Waals surface area contributed by atoms with E-state index in [2.05, 4.69) is 4.98 Å². The Labute approximate surface area is 170 Å².